The van der Waals surface area contributed by atoms with E-state index in [-0.39, 0.29) is 0 Å². The summed E-state index contributed by atoms with van der Waals surface area (Å²) in [5.41, 5.74) is 2.44. The van der Waals surface area contributed by atoms with Crippen LogP contribution in [0.15, 0.2) is 54.6 Å². The number of rotatable bonds is 6. The first kappa shape index (κ1) is 15.1. The molecule has 1 N–H and O–H groups in total. The van der Waals surface area contributed by atoms with E-state index in [0.29, 0.717) is 6.04 Å². The van der Waals surface area contributed by atoms with Crippen LogP contribution < -0.4 is 10.1 Å². The molecule has 1 aliphatic rings. The molecule has 0 spiro atoms. The summed E-state index contributed by atoms with van der Waals surface area (Å²) in [6.45, 7) is 1.66. The van der Waals surface area contributed by atoms with Crippen molar-refractivity contribution >= 4 is 0 Å². The monoisotopic (exact) mass is 295 g/mol. The number of hydrogen-bond acceptors (Lipinski definition) is 2. The summed E-state index contributed by atoms with van der Waals surface area (Å²) in [5.74, 6) is 0.951. The van der Waals surface area contributed by atoms with Crippen molar-refractivity contribution in [1.82, 2.24) is 5.32 Å². The zero-order valence-electron chi connectivity index (χ0n) is 13.1. The van der Waals surface area contributed by atoms with Gasteiger partial charge in [-0.15, -0.1) is 0 Å². The molecule has 1 aliphatic carbocycles. The van der Waals surface area contributed by atoms with Crippen LogP contribution in [0.1, 0.15) is 32.1 Å². The maximum atomic E-state index is 5.90. The summed E-state index contributed by atoms with van der Waals surface area (Å²) < 4.78 is 5.90. The Labute approximate surface area is 133 Å². The first-order valence-electron chi connectivity index (χ1n) is 8.43. The standard InChI is InChI=1S/C20H25NO/c1-3-8-17(9-4-1)18-10-7-13-20(16-18)22-15-14-21-19-11-5-2-6-12-19/h1,3-4,7-10,13,16,19,21H,2,5-6,11-12,14-15H2. The molecular weight excluding hydrogens is 270 g/mol. The van der Waals surface area contributed by atoms with E-state index in [4.69, 9.17) is 4.74 Å². The normalized spacial score (nSPS) is 15.6. The molecule has 1 saturated carbocycles. The van der Waals surface area contributed by atoms with Crippen molar-refractivity contribution in [3.63, 3.8) is 0 Å². The van der Waals surface area contributed by atoms with Crippen molar-refractivity contribution in [2.45, 2.75) is 38.1 Å². The SMILES string of the molecule is c1ccc(-c2cccc(OCCNC3CCCCC3)c2)cc1. The van der Waals surface area contributed by atoms with Crippen molar-refractivity contribution in [1.29, 1.82) is 0 Å². The van der Waals surface area contributed by atoms with Gasteiger partial charge in [-0.1, -0.05) is 61.7 Å². The number of hydrogen-bond donors (Lipinski definition) is 1. The molecule has 3 rings (SSSR count). The van der Waals surface area contributed by atoms with E-state index in [9.17, 15) is 0 Å². The van der Waals surface area contributed by atoms with Gasteiger partial charge in [0.25, 0.3) is 0 Å². The van der Waals surface area contributed by atoms with Crippen LogP contribution >= 0.6 is 0 Å². The van der Waals surface area contributed by atoms with E-state index >= 15 is 0 Å². The van der Waals surface area contributed by atoms with E-state index < -0.39 is 0 Å². The Morgan fingerprint density at radius 1 is 0.864 bits per heavy atom. The Morgan fingerprint density at radius 3 is 2.45 bits per heavy atom. The van der Waals surface area contributed by atoms with Gasteiger partial charge in [-0.3, -0.25) is 0 Å². The highest BCUT2D eigenvalue weighted by atomic mass is 16.5. The predicted octanol–water partition coefficient (Wildman–Crippen LogP) is 4.65. The maximum Gasteiger partial charge on any atom is 0.119 e. The second-order valence-corrected chi connectivity index (χ2v) is 6.03. The molecule has 2 aromatic rings. The minimum absolute atomic E-state index is 0.702. The minimum Gasteiger partial charge on any atom is -0.492 e. The molecule has 1 fully saturated rings. The van der Waals surface area contributed by atoms with Crippen LogP contribution in [0.3, 0.4) is 0 Å². The van der Waals surface area contributed by atoms with Crippen LogP contribution in [-0.2, 0) is 0 Å². The zero-order valence-corrected chi connectivity index (χ0v) is 13.1. The van der Waals surface area contributed by atoms with E-state index in [1.54, 1.807) is 0 Å². The summed E-state index contributed by atoms with van der Waals surface area (Å²) in [4.78, 5) is 0. The van der Waals surface area contributed by atoms with E-state index in [1.807, 2.05) is 12.1 Å². The van der Waals surface area contributed by atoms with Crippen molar-refractivity contribution in [3.05, 3.63) is 54.6 Å². The molecule has 0 unspecified atom stereocenters. The van der Waals surface area contributed by atoms with E-state index in [1.165, 1.54) is 43.2 Å². The highest BCUT2D eigenvalue weighted by molar-refractivity contribution is 5.64. The summed E-state index contributed by atoms with van der Waals surface area (Å²) in [7, 11) is 0. The molecule has 22 heavy (non-hydrogen) atoms. The first-order valence-corrected chi connectivity index (χ1v) is 8.43. The fraction of sp³-hybridized carbons (Fsp3) is 0.400. The molecule has 0 radical (unpaired) electrons. The van der Waals surface area contributed by atoms with Crippen molar-refractivity contribution in [2.75, 3.05) is 13.2 Å². The Bertz CT molecular complexity index is 561. The first-order chi connectivity index (χ1) is 10.9. The number of benzene rings is 2. The number of ether oxygens (including phenoxy) is 1. The average molecular weight is 295 g/mol. The van der Waals surface area contributed by atoms with Gasteiger partial charge >= 0.3 is 0 Å². The third-order valence-electron chi connectivity index (χ3n) is 4.35. The summed E-state index contributed by atoms with van der Waals surface area (Å²) in [6.07, 6.45) is 6.79. The second kappa shape index (κ2) is 8.00. The van der Waals surface area contributed by atoms with Crippen LogP contribution in [0.25, 0.3) is 11.1 Å². The van der Waals surface area contributed by atoms with E-state index in [0.717, 1.165) is 18.9 Å². The van der Waals surface area contributed by atoms with Crippen LogP contribution in [0.5, 0.6) is 5.75 Å². The van der Waals surface area contributed by atoms with Gasteiger partial charge in [-0.2, -0.15) is 0 Å². The maximum absolute atomic E-state index is 5.90. The summed E-state index contributed by atoms with van der Waals surface area (Å²) in [6, 6.07) is 19.5. The smallest absolute Gasteiger partial charge is 0.119 e. The van der Waals surface area contributed by atoms with Gasteiger partial charge in [0.15, 0.2) is 0 Å². The van der Waals surface area contributed by atoms with Gasteiger partial charge in [0.2, 0.25) is 0 Å². The van der Waals surface area contributed by atoms with Gasteiger partial charge in [0.05, 0.1) is 0 Å². The lowest BCUT2D eigenvalue weighted by atomic mass is 9.96. The highest BCUT2D eigenvalue weighted by Crippen LogP contribution is 2.23. The third-order valence-corrected chi connectivity index (χ3v) is 4.35. The molecule has 0 aromatic heterocycles. The van der Waals surface area contributed by atoms with Crippen molar-refractivity contribution in [3.8, 4) is 16.9 Å². The molecule has 0 heterocycles. The molecule has 2 nitrogen and oxygen atoms in total. The van der Waals surface area contributed by atoms with Gasteiger partial charge in [-0.05, 0) is 36.1 Å². The molecular formula is C20H25NO. The van der Waals surface area contributed by atoms with Gasteiger partial charge < -0.3 is 10.1 Å². The molecule has 0 saturated heterocycles. The molecule has 0 aliphatic heterocycles. The topological polar surface area (TPSA) is 21.3 Å². The van der Waals surface area contributed by atoms with Gasteiger partial charge in [-0.25, -0.2) is 0 Å². The Balaban J connectivity index is 1.48. The van der Waals surface area contributed by atoms with Crippen molar-refractivity contribution in [2.24, 2.45) is 0 Å². The third kappa shape index (κ3) is 4.35. The Morgan fingerprint density at radius 2 is 1.64 bits per heavy atom. The lowest BCUT2D eigenvalue weighted by molar-refractivity contribution is 0.289. The van der Waals surface area contributed by atoms with Crippen LogP contribution in [-0.4, -0.2) is 19.2 Å². The van der Waals surface area contributed by atoms with Crippen LogP contribution in [0.2, 0.25) is 0 Å². The fourth-order valence-corrected chi connectivity index (χ4v) is 3.13. The van der Waals surface area contributed by atoms with E-state index in [2.05, 4.69) is 47.8 Å². The molecule has 0 atom stereocenters. The molecule has 0 bridgehead atoms. The Hall–Kier alpha value is -1.80. The predicted molar refractivity (Wildman–Crippen MR) is 92.2 cm³/mol. The minimum atomic E-state index is 0.702. The molecule has 0 amide bonds. The second-order valence-electron chi connectivity index (χ2n) is 6.03. The molecule has 2 aromatic carbocycles. The lowest BCUT2D eigenvalue weighted by Gasteiger charge is -2.22. The summed E-state index contributed by atoms with van der Waals surface area (Å²) >= 11 is 0. The van der Waals surface area contributed by atoms with Gasteiger partial charge in [0, 0.05) is 12.6 Å². The van der Waals surface area contributed by atoms with Crippen LogP contribution in [0, 0.1) is 0 Å². The summed E-state index contributed by atoms with van der Waals surface area (Å²) in [5, 5.41) is 3.61. The quantitative estimate of drug-likeness (QED) is 0.783. The fourth-order valence-electron chi connectivity index (χ4n) is 3.13. The highest BCUT2D eigenvalue weighted by Gasteiger charge is 2.11. The van der Waals surface area contributed by atoms with Crippen LogP contribution in [0.4, 0.5) is 0 Å². The largest absolute Gasteiger partial charge is 0.492 e. The average Bonchev–Trinajstić information content (AvgIpc) is 2.61. The Kier molecular flexibility index (Phi) is 5.49. The molecule has 116 valence electrons. The number of nitrogens with one attached hydrogen (secondary N) is 1. The zero-order chi connectivity index (χ0) is 15.0. The lowest BCUT2D eigenvalue weighted by Crippen LogP contribution is -2.34. The molecule has 2 heteroatoms. The van der Waals surface area contributed by atoms with Gasteiger partial charge in [0.1, 0.15) is 12.4 Å². The van der Waals surface area contributed by atoms with Crippen molar-refractivity contribution < 1.29 is 4.74 Å².